The summed E-state index contributed by atoms with van der Waals surface area (Å²) < 4.78 is 6.14. The predicted octanol–water partition coefficient (Wildman–Crippen LogP) is 5.57. The number of likely N-dealkylation sites (tertiary alicyclic amines) is 2. The molecule has 3 fully saturated rings. The number of allylic oxidation sites excluding steroid dienone is 1. The number of amides is 2. The normalized spacial score (nSPS) is 25.6. The molecule has 3 saturated heterocycles. The maximum Gasteiger partial charge on any atom is 0.455 e. The fourth-order valence-corrected chi connectivity index (χ4v) is 8.79. The number of aromatic hydroxyl groups is 1. The van der Waals surface area contributed by atoms with Crippen LogP contribution in [0.1, 0.15) is 56.6 Å². The number of phenols is 1. The third-order valence-corrected chi connectivity index (χ3v) is 11.2. The number of aliphatic hydroxyl groups is 1. The molecule has 3 N–H and O–H groups in total. The van der Waals surface area contributed by atoms with E-state index in [4.69, 9.17) is 4.65 Å². The molecule has 7 rings (SSSR count). The largest absolute Gasteiger partial charge is 0.507 e. The van der Waals surface area contributed by atoms with Crippen molar-refractivity contribution in [2.24, 2.45) is 17.8 Å². The molecule has 1 aliphatic carbocycles. The summed E-state index contributed by atoms with van der Waals surface area (Å²) >= 11 is 0. The van der Waals surface area contributed by atoms with E-state index in [-0.39, 0.29) is 42.5 Å². The second-order valence-electron chi connectivity index (χ2n) is 13.9. The molecule has 0 saturated carbocycles. The molecule has 3 aromatic rings. The second kappa shape index (κ2) is 14.0. The van der Waals surface area contributed by atoms with E-state index in [0.717, 1.165) is 66.4 Å². The molecule has 0 spiro atoms. The second-order valence-corrected chi connectivity index (χ2v) is 13.9. The van der Waals surface area contributed by atoms with E-state index in [9.17, 15) is 24.8 Å². The Bertz CT molecular complexity index is 1730. The zero-order chi connectivity index (χ0) is 33.4. The molecule has 0 bridgehead atoms. The van der Waals surface area contributed by atoms with Gasteiger partial charge in [-0.3, -0.25) is 19.4 Å². The van der Waals surface area contributed by atoms with Crippen LogP contribution in [0.3, 0.4) is 0 Å². The first-order chi connectivity index (χ1) is 23.4. The number of nitrogens with zero attached hydrogens (tertiary/aromatic N) is 2. The van der Waals surface area contributed by atoms with Crippen molar-refractivity contribution in [2.75, 3.05) is 19.7 Å². The van der Waals surface area contributed by atoms with Gasteiger partial charge in [-0.05, 0) is 84.5 Å². The molecule has 48 heavy (non-hydrogen) atoms. The maximum absolute atomic E-state index is 14.2. The number of hydrogen-bond acceptors (Lipinski definition) is 7. The molecule has 4 atom stereocenters. The quantitative estimate of drug-likeness (QED) is 0.158. The molecular weight excluding hydrogens is 603 g/mol. The third-order valence-electron chi connectivity index (χ3n) is 11.2. The van der Waals surface area contributed by atoms with E-state index in [2.05, 4.69) is 30.0 Å². The van der Waals surface area contributed by atoms with Crippen molar-refractivity contribution >= 4 is 35.8 Å². The maximum atomic E-state index is 14.2. The number of aliphatic hydroxyl groups excluding tert-OH is 1. The summed E-state index contributed by atoms with van der Waals surface area (Å²) in [6.07, 6.45) is 5.91. The molecule has 3 aromatic carbocycles. The minimum Gasteiger partial charge on any atom is -0.507 e. The first kappa shape index (κ1) is 32.8. The van der Waals surface area contributed by atoms with Gasteiger partial charge in [-0.15, -0.1) is 0 Å². The molecule has 9 heteroatoms. The van der Waals surface area contributed by atoms with Crippen LogP contribution in [-0.2, 0) is 20.8 Å². The Labute approximate surface area is 282 Å². The summed E-state index contributed by atoms with van der Waals surface area (Å²) in [6, 6.07) is 21.7. The molecule has 2 amide bonds. The standard InChI is InChI=1S/C39H45BN2O6/c1-2-25(20-27-13-14-34(44)31-11-7-6-10-30(27)31)12-15-35-36-28(24-43)21-32-37(33(36)22-40(47)48-35)39(46)42(38(32)45)29-16-18-41(19-17-29)23-26-8-4-3-5-9-26/h3-11,13-14,20,29,32-33,35,37,43-44,47H,2,12,15-19,21-24H2,1H3/b25-20+/t32-,33+,35-,37-/m1/s1. The van der Waals surface area contributed by atoms with E-state index in [1.807, 2.05) is 48.5 Å². The van der Waals surface area contributed by atoms with Gasteiger partial charge in [0.25, 0.3) is 0 Å². The smallest absolute Gasteiger partial charge is 0.455 e. The van der Waals surface area contributed by atoms with Crippen LogP contribution < -0.4 is 0 Å². The first-order valence-corrected chi connectivity index (χ1v) is 17.6. The van der Waals surface area contributed by atoms with Crippen LogP contribution >= 0.6 is 0 Å². The predicted molar refractivity (Wildman–Crippen MR) is 187 cm³/mol. The molecule has 0 unspecified atom stereocenters. The van der Waals surface area contributed by atoms with Crippen LogP contribution in [0.2, 0.25) is 6.32 Å². The molecule has 4 aliphatic rings. The lowest BCUT2D eigenvalue weighted by atomic mass is 9.58. The molecule has 0 aromatic heterocycles. The Morgan fingerprint density at radius 1 is 0.958 bits per heavy atom. The molecule has 3 aliphatic heterocycles. The van der Waals surface area contributed by atoms with Gasteiger partial charge in [-0.1, -0.05) is 79.2 Å². The topological polar surface area (TPSA) is 111 Å². The van der Waals surface area contributed by atoms with Gasteiger partial charge in [0.05, 0.1) is 24.5 Å². The lowest BCUT2D eigenvalue weighted by Gasteiger charge is -2.43. The minimum absolute atomic E-state index is 0.118. The summed E-state index contributed by atoms with van der Waals surface area (Å²) in [4.78, 5) is 32.1. The Balaban J connectivity index is 1.08. The van der Waals surface area contributed by atoms with E-state index in [1.54, 1.807) is 11.0 Å². The van der Waals surface area contributed by atoms with Crippen molar-refractivity contribution in [1.29, 1.82) is 0 Å². The fraction of sp³-hybridized carbons (Fsp3) is 0.436. The van der Waals surface area contributed by atoms with Crippen molar-refractivity contribution in [2.45, 2.75) is 70.5 Å². The number of fused-ring (bicyclic) bond motifs is 4. The van der Waals surface area contributed by atoms with Crippen LogP contribution in [0, 0.1) is 17.8 Å². The summed E-state index contributed by atoms with van der Waals surface area (Å²) in [5, 5.41) is 33.7. The number of benzene rings is 3. The van der Waals surface area contributed by atoms with E-state index in [0.29, 0.717) is 19.3 Å². The van der Waals surface area contributed by atoms with E-state index >= 15 is 0 Å². The van der Waals surface area contributed by atoms with E-state index < -0.39 is 25.1 Å². The van der Waals surface area contributed by atoms with Gasteiger partial charge < -0.3 is 19.9 Å². The fourth-order valence-electron chi connectivity index (χ4n) is 8.79. The summed E-state index contributed by atoms with van der Waals surface area (Å²) in [5.74, 6) is -1.36. The Hall–Kier alpha value is -3.76. The minimum atomic E-state index is -1.05. The van der Waals surface area contributed by atoms with Gasteiger partial charge in [-0.2, -0.15) is 0 Å². The van der Waals surface area contributed by atoms with Gasteiger partial charge in [-0.25, -0.2) is 0 Å². The van der Waals surface area contributed by atoms with Crippen molar-refractivity contribution < 1.29 is 29.5 Å². The lowest BCUT2D eigenvalue weighted by Crippen LogP contribution is -2.48. The highest BCUT2D eigenvalue weighted by atomic mass is 16.5. The van der Waals surface area contributed by atoms with Crippen molar-refractivity contribution in [1.82, 2.24) is 9.80 Å². The van der Waals surface area contributed by atoms with Crippen molar-refractivity contribution in [3.05, 3.63) is 94.6 Å². The van der Waals surface area contributed by atoms with Gasteiger partial charge in [0, 0.05) is 31.1 Å². The number of rotatable bonds is 9. The van der Waals surface area contributed by atoms with Gasteiger partial charge in [0.15, 0.2) is 0 Å². The third kappa shape index (κ3) is 6.25. The molecule has 8 nitrogen and oxygen atoms in total. The number of carbonyl (C=O) groups excluding carboxylic acids is 2. The SMILES string of the molecule is CC/C(=C\c1ccc(O)c2ccccc12)CC[C@H]1OB(O)C[C@H]2C1=C(CO)C[C@H]1C(=O)N(C3CCN(Cc4ccccc4)CC3)C(=O)[C@H]12. The molecule has 3 heterocycles. The number of hydrogen-bond donors (Lipinski definition) is 3. The number of piperidine rings is 1. The van der Waals surface area contributed by atoms with Crippen LogP contribution in [-0.4, -0.2) is 75.8 Å². The number of phenolic OH excluding ortho intramolecular Hbond substituents is 1. The van der Waals surface area contributed by atoms with Gasteiger partial charge in [0.1, 0.15) is 5.75 Å². The zero-order valence-corrected chi connectivity index (χ0v) is 27.6. The number of carbonyl (C=O) groups is 2. The molecule has 250 valence electrons. The summed E-state index contributed by atoms with van der Waals surface area (Å²) in [5.41, 5.74) is 5.18. The monoisotopic (exact) mass is 648 g/mol. The van der Waals surface area contributed by atoms with Crippen molar-refractivity contribution in [3.63, 3.8) is 0 Å². The molecule has 0 radical (unpaired) electrons. The van der Waals surface area contributed by atoms with E-state index in [1.165, 1.54) is 11.1 Å². The highest BCUT2D eigenvalue weighted by molar-refractivity contribution is 6.43. The van der Waals surface area contributed by atoms with Crippen molar-refractivity contribution in [3.8, 4) is 5.75 Å². The number of imide groups is 1. The van der Waals surface area contributed by atoms with Crippen LogP contribution in [0.4, 0.5) is 0 Å². The highest BCUT2D eigenvalue weighted by Crippen LogP contribution is 2.51. The molecular formula is C39H45BN2O6. The van der Waals surface area contributed by atoms with Crippen LogP contribution in [0.25, 0.3) is 16.8 Å². The zero-order valence-electron chi connectivity index (χ0n) is 27.6. The van der Waals surface area contributed by atoms with Gasteiger partial charge >= 0.3 is 7.12 Å². The van der Waals surface area contributed by atoms with Crippen LogP contribution in [0.5, 0.6) is 5.75 Å². The van der Waals surface area contributed by atoms with Gasteiger partial charge in [0.2, 0.25) is 11.8 Å². The average molecular weight is 649 g/mol. The Kier molecular flexibility index (Phi) is 9.56. The summed E-state index contributed by atoms with van der Waals surface area (Å²) in [7, 11) is -1.05. The summed E-state index contributed by atoms with van der Waals surface area (Å²) in [6.45, 7) is 4.42. The Morgan fingerprint density at radius 3 is 2.42 bits per heavy atom. The van der Waals surface area contributed by atoms with Crippen LogP contribution in [0.15, 0.2) is 83.4 Å². The average Bonchev–Trinajstić information content (AvgIpc) is 3.36. The first-order valence-electron chi connectivity index (χ1n) is 17.6. The lowest BCUT2D eigenvalue weighted by molar-refractivity contribution is -0.144. The highest BCUT2D eigenvalue weighted by Gasteiger charge is 2.58. The Morgan fingerprint density at radius 2 is 1.69 bits per heavy atom.